The third-order valence-corrected chi connectivity index (χ3v) is 2.15. The van der Waals surface area contributed by atoms with E-state index in [0.717, 1.165) is 0 Å². The van der Waals surface area contributed by atoms with Gasteiger partial charge in [0, 0.05) is 12.7 Å². The van der Waals surface area contributed by atoms with Gasteiger partial charge in [0.2, 0.25) is 0 Å². The molecule has 82 valence electrons. The Bertz CT molecular complexity index is 480. The van der Waals surface area contributed by atoms with Crippen molar-refractivity contribution < 1.29 is 9.18 Å². The molecule has 2 rings (SSSR count). The highest BCUT2D eigenvalue weighted by Gasteiger charge is 2.15. The van der Waals surface area contributed by atoms with Crippen LogP contribution in [0.2, 0.25) is 0 Å². The monoisotopic (exact) mass is 220 g/mol. The molecule has 0 aliphatic rings. The SMILES string of the molecule is CN(C(=O)c1cn[nH]n1)c1ccc(F)cc1. The highest BCUT2D eigenvalue weighted by Crippen LogP contribution is 2.14. The molecule has 16 heavy (non-hydrogen) atoms. The second kappa shape index (κ2) is 4.09. The van der Waals surface area contributed by atoms with Gasteiger partial charge in [0.15, 0.2) is 5.69 Å². The van der Waals surface area contributed by atoms with E-state index < -0.39 is 0 Å². The van der Waals surface area contributed by atoms with Crippen LogP contribution in [0.4, 0.5) is 10.1 Å². The Balaban J connectivity index is 2.22. The minimum atomic E-state index is -0.342. The Morgan fingerprint density at radius 1 is 1.38 bits per heavy atom. The summed E-state index contributed by atoms with van der Waals surface area (Å²) in [7, 11) is 1.59. The number of anilines is 1. The number of amides is 1. The van der Waals surface area contributed by atoms with E-state index in [4.69, 9.17) is 0 Å². The smallest absolute Gasteiger partial charge is 0.280 e. The van der Waals surface area contributed by atoms with E-state index in [1.807, 2.05) is 0 Å². The first-order chi connectivity index (χ1) is 7.68. The molecule has 0 fully saturated rings. The summed E-state index contributed by atoms with van der Waals surface area (Å²) in [5, 5.41) is 9.59. The zero-order valence-electron chi connectivity index (χ0n) is 8.51. The average Bonchev–Trinajstić information content (AvgIpc) is 2.81. The molecular weight excluding hydrogens is 211 g/mol. The number of nitrogens with zero attached hydrogens (tertiary/aromatic N) is 3. The van der Waals surface area contributed by atoms with Crippen LogP contribution < -0.4 is 4.90 Å². The summed E-state index contributed by atoms with van der Waals surface area (Å²) in [6.45, 7) is 0. The Hall–Kier alpha value is -2.24. The van der Waals surface area contributed by atoms with Gasteiger partial charge in [0.1, 0.15) is 5.82 Å². The van der Waals surface area contributed by atoms with Crippen molar-refractivity contribution >= 4 is 11.6 Å². The number of halogens is 1. The van der Waals surface area contributed by atoms with Gasteiger partial charge in [-0.15, -0.1) is 0 Å². The van der Waals surface area contributed by atoms with E-state index in [-0.39, 0.29) is 17.4 Å². The summed E-state index contributed by atoms with van der Waals surface area (Å²) in [6.07, 6.45) is 1.34. The lowest BCUT2D eigenvalue weighted by Gasteiger charge is -2.15. The Kier molecular flexibility index (Phi) is 2.63. The molecule has 0 atom stereocenters. The first-order valence-electron chi connectivity index (χ1n) is 4.58. The number of carbonyl (C=O) groups excluding carboxylic acids is 1. The van der Waals surface area contributed by atoms with Crippen LogP contribution in [0.5, 0.6) is 0 Å². The maximum Gasteiger partial charge on any atom is 0.280 e. The van der Waals surface area contributed by atoms with E-state index in [1.54, 1.807) is 7.05 Å². The fourth-order valence-corrected chi connectivity index (χ4v) is 1.26. The molecule has 0 unspecified atom stereocenters. The van der Waals surface area contributed by atoms with Crippen LogP contribution >= 0.6 is 0 Å². The molecule has 0 radical (unpaired) electrons. The minimum Gasteiger partial charge on any atom is -0.310 e. The van der Waals surface area contributed by atoms with Gasteiger partial charge < -0.3 is 4.90 Å². The van der Waals surface area contributed by atoms with Gasteiger partial charge in [0.05, 0.1) is 6.20 Å². The third kappa shape index (κ3) is 1.90. The molecule has 0 saturated heterocycles. The van der Waals surface area contributed by atoms with Gasteiger partial charge >= 0.3 is 0 Å². The van der Waals surface area contributed by atoms with Crippen molar-refractivity contribution in [3.8, 4) is 0 Å². The molecule has 0 aliphatic heterocycles. The normalized spacial score (nSPS) is 10.1. The minimum absolute atomic E-state index is 0.215. The van der Waals surface area contributed by atoms with E-state index in [9.17, 15) is 9.18 Å². The van der Waals surface area contributed by atoms with Gasteiger partial charge in [-0.3, -0.25) is 4.79 Å². The molecular formula is C10H9FN4O. The molecule has 0 saturated carbocycles. The summed E-state index contributed by atoms with van der Waals surface area (Å²) < 4.78 is 12.7. The van der Waals surface area contributed by atoms with Crippen molar-refractivity contribution in [3.05, 3.63) is 42.0 Å². The molecule has 1 aromatic heterocycles. The van der Waals surface area contributed by atoms with Crippen molar-refractivity contribution in [3.63, 3.8) is 0 Å². The topological polar surface area (TPSA) is 61.9 Å². The molecule has 6 heteroatoms. The Morgan fingerprint density at radius 3 is 2.62 bits per heavy atom. The van der Waals surface area contributed by atoms with E-state index in [2.05, 4.69) is 15.4 Å². The highest BCUT2D eigenvalue weighted by atomic mass is 19.1. The lowest BCUT2D eigenvalue weighted by atomic mass is 10.2. The number of aromatic amines is 1. The van der Waals surface area contributed by atoms with E-state index in [0.29, 0.717) is 5.69 Å². The maximum absolute atomic E-state index is 12.7. The lowest BCUT2D eigenvalue weighted by molar-refractivity contribution is 0.0988. The standard InChI is InChI=1S/C10H9FN4O/c1-15(8-4-2-7(11)3-5-8)10(16)9-6-12-14-13-9/h2-6H,1H3,(H,12,13,14). The van der Waals surface area contributed by atoms with Crippen molar-refractivity contribution in [2.24, 2.45) is 0 Å². The van der Waals surface area contributed by atoms with Gasteiger partial charge in [-0.1, -0.05) is 0 Å². The van der Waals surface area contributed by atoms with Crippen molar-refractivity contribution in [2.75, 3.05) is 11.9 Å². The quantitative estimate of drug-likeness (QED) is 0.827. The Labute approximate surface area is 90.9 Å². The van der Waals surface area contributed by atoms with Gasteiger partial charge in [-0.2, -0.15) is 15.4 Å². The molecule has 1 heterocycles. The summed E-state index contributed by atoms with van der Waals surface area (Å²) >= 11 is 0. The highest BCUT2D eigenvalue weighted by molar-refractivity contribution is 6.04. The van der Waals surface area contributed by atoms with Crippen molar-refractivity contribution in [1.82, 2.24) is 15.4 Å². The number of H-pyrrole nitrogens is 1. The van der Waals surface area contributed by atoms with Crippen molar-refractivity contribution in [1.29, 1.82) is 0 Å². The van der Waals surface area contributed by atoms with Crippen LogP contribution in [-0.4, -0.2) is 28.4 Å². The van der Waals surface area contributed by atoms with Crippen LogP contribution in [0.25, 0.3) is 0 Å². The van der Waals surface area contributed by atoms with E-state index >= 15 is 0 Å². The molecule has 0 bridgehead atoms. The molecule has 1 amide bonds. The Morgan fingerprint density at radius 2 is 2.06 bits per heavy atom. The second-order valence-electron chi connectivity index (χ2n) is 3.20. The summed E-state index contributed by atoms with van der Waals surface area (Å²) in [4.78, 5) is 13.2. The van der Waals surface area contributed by atoms with Crippen LogP contribution in [0.15, 0.2) is 30.5 Å². The summed E-state index contributed by atoms with van der Waals surface area (Å²) in [5.74, 6) is -0.647. The summed E-state index contributed by atoms with van der Waals surface area (Å²) in [6, 6.07) is 5.63. The number of aromatic nitrogens is 3. The van der Waals surface area contributed by atoms with Gasteiger partial charge in [-0.25, -0.2) is 4.39 Å². The molecule has 0 aliphatic carbocycles. The third-order valence-electron chi connectivity index (χ3n) is 2.15. The van der Waals surface area contributed by atoms with Crippen LogP contribution in [0.1, 0.15) is 10.5 Å². The molecule has 1 aromatic carbocycles. The predicted octanol–water partition coefficient (Wildman–Crippen LogP) is 1.22. The van der Waals surface area contributed by atoms with Crippen LogP contribution in [-0.2, 0) is 0 Å². The first kappa shape index (κ1) is 10.3. The maximum atomic E-state index is 12.7. The number of hydrogen-bond donors (Lipinski definition) is 1. The van der Waals surface area contributed by atoms with Crippen molar-refractivity contribution in [2.45, 2.75) is 0 Å². The molecule has 2 aromatic rings. The largest absolute Gasteiger partial charge is 0.310 e. The molecule has 5 nitrogen and oxygen atoms in total. The summed E-state index contributed by atoms with van der Waals surface area (Å²) in [5.41, 5.74) is 0.807. The zero-order chi connectivity index (χ0) is 11.5. The fraction of sp³-hybridized carbons (Fsp3) is 0.100. The second-order valence-corrected chi connectivity index (χ2v) is 3.20. The number of rotatable bonds is 2. The van der Waals surface area contributed by atoms with Crippen LogP contribution in [0.3, 0.4) is 0 Å². The van der Waals surface area contributed by atoms with Gasteiger partial charge in [-0.05, 0) is 24.3 Å². The van der Waals surface area contributed by atoms with Crippen LogP contribution in [0, 0.1) is 5.82 Å². The molecule has 0 spiro atoms. The van der Waals surface area contributed by atoms with E-state index in [1.165, 1.54) is 35.4 Å². The zero-order valence-corrected chi connectivity index (χ0v) is 8.51. The number of carbonyl (C=O) groups is 1. The number of benzene rings is 1. The number of hydrogen-bond acceptors (Lipinski definition) is 3. The molecule has 1 N–H and O–H groups in total. The first-order valence-corrected chi connectivity index (χ1v) is 4.58. The lowest BCUT2D eigenvalue weighted by Crippen LogP contribution is -2.26. The predicted molar refractivity (Wildman–Crippen MR) is 55.5 cm³/mol. The average molecular weight is 220 g/mol. The number of nitrogens with one attached hydrogen (secondary N) is 1. The van der Waals surface area contributed by atoms with Gasteiger partial charge in [0.25, 0.3) is 5.91 Å². The fourth-order valence-electron chi connectivity index (χ4n) is 1.26.